The summed E-state index contributed by atoms with van der Waals surface area (Å²) in [5.74, 6) is 0.192. The van der Waals surface area contributed by atoms with E-state index in [1.807, 2.05) is 4.57 Å². The van der Waals surface area contributed by atoms with E-state index < -0.39 is 0 Å². The Bertz CT molecular complexity index is 588. The molecule has 19 heavy (non-hydrogen) atoms. The van der Waals surface area contributed by atoms with Gasteiger partial charge in [-0.05, 0) is 31.5 Å². The van der Waals surface area contributed by atoms with Crippen molar-refractivity contribution in [3.8, 4) is 0 Å². The zero-order valence-corrected chi connectivity index (χ0v) is 11.1. The number of nitrogens with zero attached hydrogens (tertiary/aromatic N) is 3. The smallest absolute Gasteiger partial charge is 0.201 e. The van der Waals surface area contributed by atoms with Crippen molar-refractivity contribution in [3.63, 3.8) is 0 Å². The summed E-state index contributed by atoms with van der Waals surface area (Å²) in [5.41, 5.74) is 7.47. The SMILES string of the molecule is CCN(CCn1c(N)nc2cc(F)ccc21)C1CC1. The molecular formula is C14H19FN4. The number of benzene rings is 1. The van der Waals surface area contributed by atoms with Crippen LogP contribution in [0, 0.1) is 5.82 Å². The van der Waals surface area contributed by atoms with E-state index in [1.54, 1.807) is 6.07 Å². The van der Waals surface area contributed by atoms with Crippen molar-refractivity contribution in [2.24, 2.45) is 0 Å². The van der Waals surface area contributed by atoms with Gasteiger partial charge in [-0.15, -0.1) is 0 Å². The van der Waals surface area contributed by atoms with E-state index in [9.17, 15) is 4.39 Å². The molecule has 0 saturated heterocycles. The van der Waals surface area contributed by atoms with Crippen molar-refractivity contribution >= 4 is 17.0 Å². The lowest BCUT2D eigenvalue weighted by Gasteiger charge is -2.20. The molecule has 0 spiro atoms. The summed E-state index contributed by atoms with van der Waals surface area (Å²) in [7, 11) is 0. The molecule has 3 rings (SSSR count). The first-order chi connectivity index (χ1) is 9.19. The van der Waals surface area contributed by atoms with Crippen LogP contribution in [0.2, 0.25) is 0 Å². The molecule has 0 radical (unpaired) electrons. The van der Waals surface area contributed by atoms with Gasteiger partial charge in [0.15, 0.2) is 0 Å². The Balaban J connectivity index is 1.81. The van der Waals surface area contributed by atoms with Crippen LogP contribution >= 0.6 is 0 Å². The van der Waals surface area contributed by atoms with E-state index in [4.69, 9.17) is 5.73 Å². The molecule has 5 heteroatoms. The number of rotatable bonds is 5. The molecule has 1 saturated carbocycles. The Morgan fingerprint density at radius 1 is 1.47 bits per heavy atom. The summed E-state index contributed by atoms with van der Waals surface area (Å²) in [6, 6.07) is 5.39. The van der Waals surface area contributed by atoms with Crippen LogP contribution in [-0.2, 0) is 6.54 Å². The van der Waals surface area contributed by atoms with E-state index in [2.05, 4.69) is 16.8 Å². The van der Waals surface area contributed by atoms with Crippen LogP contribution in [-0.4, -0.2) is 33.6 Å². The normalized spacial score (nSPS) is 15.5. The Kier molecular flexibility index (Phi) is 3.14. The summed E-state index contributed by atoms with van der Waals surface area (Å²) in [6.45, 7) is 5.02. The molecule has 1 aromatic heterocycles. The number of imidazole rings is 1. The fourth-order valence-electron chi connectivity index (χ4n) is 2.62. The van der Waals surface area contributed by atoms with Gasteiger partial charge < -0.3 is 10.3 Å². The van der Waals surface area contributed by atoms with Gasteiger partial charge in [0.1, 0.15) is 5.82 Å². The average molecular weight is 262 g/mol. The molecule has 0 aliphatic heterocycles. The van der Waals surface area contributed by atoms with E-state index in [1.165, 1.54) is 25.0 Å². The lowest BCUT2D eigenvalue weighted by molar-refractivity contribution is 0.268. The predicted molar refractivity (Wildman–Crippen MR) is 74.4 cm³/mol. The van der Waals surface area contributed by atoms with Crippen LogP contribution in [0.5, 0.6) is 0 Å². The lowest BCUT2D eigenvalue weighted by Crippen LogP contribution is -2.29. The second kappa shape index (κ2) is 4.81. The Hall–Kier alpha value is -1.62. The van der Waals surface area contributed by atoms with Crippen LogP contribution < -0.4 is 5.73 Å². The van der Waals surface area contributed by atoms with Crippen molar-refractivity contribution < 1.29 is 4.39 Å². The number of aromatic nitrogens is 2. The molecule has 1 aliphatic carbocycles. The van der Waals surface area contributed by atoms with Crippen molar-refractivity contribution in [2.75, 3.05) is 18.8 Å². The maximum atomic E-state index is 13.2. The van der Waals surface area contributed by atoms with Gasteiger partial charge in [0.25, 0.3) is 0 Å². The molecule has 102 valence electrons. The van der Waals surface area contributed by atoms with Crippen molar-refractivity contribution in [1.82, 2.24) is 14.5 Å². The van der Waals surface area contributed by atoms with E-state index in [0.29, 0.717) is 11.5 Å². The molecule has 1 aliphatic rings. The Morgan fingerprint density at radius 3 is 2.95 bits per heavy atom. The second-order valence-corrected chi connectivity index (χ2v) is 5.11. The molecule has 2 N–H and O–H groups in total. The number of hydrogen-bond donors (Lipinski definition) is 1. The van der Waals surface area contributed by atoms with E-state index >= 15 is 0 Å². The molecule has 0 bridgehead atoms. The zero-order chi connectivity index (χ0) is 13.4. The van der Waals surface area contributed by atoms with Crippen molar-refractivity contribution in [3.05, 3.63) is 24.0 Å². The summed E-state index contributed by atoms with van der Waals surface area (Å²) >= 11 is 0. The summed E-state index contributed by atoms with van der Waals surface area (Å²) < 4.78 is 15.1. The minimum Gasteiger partial charge on any atom is -0.369 e. The third kappa shape index (κ3) is 2.42. The Labute approximate surface area is 112 Å². The highest BCUT2D eigenvalue weighted by Gasteiger charge is 2.27. The van der Waals surface area contributed by atoms with Crippen LogP contribution in [0.15, 0.2) is 18.2 Å². The van der Waals surface area contributed by atoms with Gasteiger partial charge in [0.05, 0.1) is 11.0 Å². The predicted octanol–water partition coefficient (Wildman–Crippen LogP) is 2.24. The first-order valence-corrected chi connectivity index (χ1v) is 6.84. The maximum Gasteiger partial charge on any atom is 0.201 e. The van der Waals surface area contributed by atoms with Gasteiger partial charge in [-0.1, -0.05) is 6.92 Å². The van der Waals surface area contributed by atoms with Crippen molar-refractivity contribution in [2.45, 2.75) is 32.4 Å². The number of hydrogen-bond acceptors (Lipinski definition) is 3. The molecule has 0 unspecified atom stereocenters. The highest BCUT2D eigenvalue weighted by molar-refractivity contribution is 5.78. The standard InChI is InChI=1S/C14H19FN4/c1-2-18(11-4-5-11)7-8-19-13-6-3-10(15)9-12(13)17-14(19)16/h3,6,9,11H,2,4-5,7-8H2,1H3,(H2,16,17). The highest BCUT2D eigenvalue weighted by atomic mass is 19.1. The zero-order valence-electron chi connectivity index (χ0n) is 11.1. The minimum atomic E-state index is -0.273. The number of likely N-dealkylation sites (N-methyl/N-ethyl adjacent to an activating group) is 1. The average Bonchev–Trinajstić information content (AvgIpc) is 3.16. The van der Waals surface area contributed by atoms with E-state index in [0.717, 1.165) is 31.2 Å². The molecule has 2 aromatic rings. The quantitative estimate of drug-likeness (QED) is 0.899. The van der Waals surface area contributed by atoms with Crippen LogP contribution in [0.4, 0.5) is 10.3 Å². The van der Waals surface area contributed by atoms with Gasteiger partial charge in [-0.3, -0.25) is 4.90 Å². The number of nitrogen functional groups attached to an aromatic ring is 1. The minimum absolute atomic E-state index is 0.273. The summed E-state index contributed by atoms with van der Waals surface area (Å²) in [4.78, 5) is 6.69. The highest BCUT2D eigenvalue weighted by Crippen LogP contribution is 2.26. The summed E-state index contributed by atoms with van der Waals surface area (Å²) in [6.07, 6.45) is 2.61. The monoisotopic (exact) mass is 262 g/mol. The van der Waals surface area contributed by atoms with Crippen molar-refractivity contribution in [1.29, 1.82) is 0 Å². The van der Waals surface area contributed by atoms with Gasteiger partial charge in [0.2, 0.25) is 5.95 Å². The molecule has 0 amide bonds. The second-order valence-electron chi connectivity index (χ2n) is 5.11. The lowest BCUT2D eigenvalue weighted by atomic mass is 10.3. The van der Waals surface area contributed by atoms with Gasteiger partial charge in [-0.2, -0.15) is 0 Å². The molecule has 1 heterocycles. The van der Waals surface area contributed by atoms with Gasteiger partial charge in [0, 0.05) is 25.2 Å². The maximum absolute atomic E-state index is 13.2. The number of halogens is 1. The molecular weight excluding hydrogens is 243 g/mol. The number of nitrogens with two attached hydrogens (primary N) is 1. The molecule has 1 fully saturated rings. The molecule has 1 aromatic carbocycles. The number of fused-ring (bicyclic) bond motifs is 1. The Morgan fingerprint density at radius 2 is 2.26 bits per heavy atom. The molecule has 0 atom stereocenters. The third-order valence-electron chi connectivity index (χ3n) is 3.82. The van der Waals surface area contributed by atoms with Gasteiger partial charge >= 0.3 is 0 Å². The van der Waals surface area contributed by atoms with Crippen LogP contribution in [0.25, 0.3) is 11.0 Å². The first-order valence-electron chi connectivity index (χ1n) is 6.84. The fraction of sp³-hybridized carbons (Fsp3) is 0.500. The van der Waals surface area contributed by atoms with Gasteiger partial charge in [-0.25, -0.2) is 9.37 Å². The summed E-state index contributed by atoms with van der Waals surface area (Å²) in [5, 5.41) is 0. The third-order valence-corrected chi connectivity index (χ3v) is 3.82. The topological polar surface area (TPSA) is 47.1 Å². The van der Waals surface area contributed by atoms with Crippen LogP contribution in [0.3, 0.4) is 0 Å². The first kappa shape index (κ1) is 12.4. The number of anilines is 1. The van der Waals surface area contributed by atoms with E-state index in [-0.39, 0.29) is 5.82 Å². The van der Waals surface area contributed by atoms with Crippen LogP contribution in [0.1, 0.15) is 19.8 Å². The fourth-order valence-corrected chi connectivity index (χ4v) is 2.62. The largest absolute Gasteiger partial charge is 0.369 e. The molecule has 4 nitrogen and oxygen atoms in total.